The van der Waals surface area contributed by atoms with Crippen LogP contribution in [-0.4, -0.2) is 11.0 Å². The summed E-state index contributed by atoms with van der Waals surface area (Å²) in [6.45, 7) is 4.82. The largest absolute Gasteiger partial charge is 0.439 e. The van der Waals surface area contributed by atoms with E-state index in [0.29, 0.717) is 28.7 Å². The minimum absolute atomic E-state index is 0.355. The molecule has 0 amide bonds. The average Bonchev–Trinajstić information content (AvgIpc) is 2.35. The maximum Gasteiger partial charge on any atom is 0.219 e. The van der Waals surface area contributed by atoms with Crippen molar-refractivity contribution in [3.8, 4) is 11.6 Å². The maximum atomic E-state index is 13.3. The molecule has 5 heteroatoms. The highest BCUT2D eigenvalue weighted by molar-refractivity contribution is 9.10. The number of ether oxygens (including phenoxy) is 1. The second-order valence-electron chi connectivity index (χ2n) is 4.71. The number of halogens is 2. The summed E-state index contributed by atoms with van der Waals surface area (Å²) >= 11 is 3.23. The quantitative estimate of drug-likeness (QED) is 0.883. The highest BCUT2D eigenvalue weighted by Gasteiger charge is 2.04. The summed E-state index contributed by atoms with van der Waals surface area (Å²) in [6, 6.07) is 10.3. The van der Waals surface area contributed by atoms with Crippen molar-refractivity contribution in [1.82, 2.24) is 10.3 Å². The Morgan fingerprint density at radius 1 is 1.30 bits per heavy atom. The third kappa shape index (κ3) is 4.58. The van der Waals surface area contributed by atoms with Crippen LogP contribution < -0.4 is 10.1 Å². The standard InChI is InChI=1S/C15H16BrFN2O/c1-10(2)18-9-13-4-3-5-15(19-13)20-14-7-11(16)6-12(17)8-14/h3-8,10,18H,9H2,1-2H3. The summed E-state index contributed by atoms with van der Waals surface area (Å²) in [7, 11) is 0. The number of nitrogens with zero attached hydrogens (tertiary/aromatic N) is 1. The van der Waals surface area contributed by atoms with Crippen molar-refractivity contribution < 1.29 is 9.13 Å². The Labute approximate surface area is 126 Å². The van der Waals surface area contributed by atoms with E-state index < -0.39 is 0 Å². The van der Waals surface area contributed by atoms with Gasteiger partial charge in [-0.05, 0) is 18.2 Å². The predicted molar refractivity (Wildman–Crippen MR) is 80.4 cm³/mol. The number of hydrogen-bond acceptors (Lipinski definition) is 3. The molecule has 1 aromatic heterocycles. The van der Waals surface area contributed by atoms with Gasteiger partial charge >= 0.3 is 0 Å². The molecule has 106 valence electrons. The second-order valence-corrected chi connectivity index (χ2v) is 5.63. The molecular formula is C15H16BrFN2O. The van der Waals surface area contributed by atoms with Crippen LogP contribution in [-0.2, 0) is 6.54 Å². The summed E-state index contributed by atoms with van der Waals surface area (Å²) in [5.41, 5.74) is 0.881. The maximum absolute atomic E-state index is 13.3. The van der Waals surface area contributed by atoms with E-state index in [9.17, 15) is 4.39 Å². The number of hydrogen-bond donors (Lipinski definition) is 1. The van der Waals surface area contributed by atoms with Crippen LogP contribution in [0.4, 0.5) is 4.39 Å². The Morgan fingerprint density at radius 2 is 2.10 bits per heavy atom. The van der Waals surface area contributed by atoms with Gasteiger partial charge in [-0.2, -0.15) is 0 Å². The molecule has 0 bridgehead atoms. The van der Waals surface area contributed by atoms with Gasteiger partial charge in [0.25, 0.3) is 0 Å². The van der Waals surface area contributed by atoms with Gasteiger partial charge in [0, 0.05) is 29.2 Å². The number of pyridine rings is 1. The van der Waals surface area contributed by atoms with Crippen molar-refractivity contribution in [2.75, 3.05) is 0 Å². The lowest BCUT2D eigenvalue weighted by molar-refractivity contribution is 0.453. The number of nitrogens with one attached hydrogen (secondary N) is 1. The topological polar surface area (TPSA) is 34.1 Å². The second kappa shape index (κ2) is 6.81. The van der Waals surface area contributed by atoms with Gasteiger partial charge in [0.15, 0.2) is 0 Å². The third-order valence-electron chi connectivity index (χ3n) is 2.53. The molecule has 1 heterocycles. The number of rotatable bonds is 5. The summed E-state index contributed by atoms with van der Waals surface area (Å²) < 4.78 is 19.5. The Balaban J connectivity index is 2.11. The van der Waals surface area contributed by atoms with Crippen molar-refractivity contribution >= 4 is 15.9 Å². The zero-order valence-electron chi connectivity index (χ0n) is 11.4. The molecular weight excluding hydrogens is 323 g/mol. The van der Waals surface area contributed by atoms with Crippen LogP contribution in [0.5, 0.6) is 11.6 Å². The molecule has 0 unspecified atom stereocenters. The van der Waals surface area contributed by atoms with Crippen LogP contribution in [0.25, 0.3) is 0 Å². The molecule has 0 aliphatic heterocycles. The van der Waals surface area contributed by atoms with E-state index in [-0.39, 0.29) is 5.82 Å². The molecule has 0 saturated carbocycles. The number of aromatic nitrogens is 1. The Morgan fingerprint density at radius 3 is 2.80 bits per heavy atom. The molecule has 3 nitrogen and oxygen atoms in total. The van der Waals surface area contributed by atoms with E-state index in [2.05, 4.69) is 40.1 Å². The van der Waals surface area contributed by atoms with Crippen LogP contribution >= 0.6 is 15.9 Å². The molecule has 0 fully saturated rings. The van der Waals surface area contributed by atoms with Crippen LogP contribution in [0.15, 0.2) is 40.9 Å². The van der Waals surface area contributed by atoms with Gasteiger partial charge in [-0.15, -0.1) is 0 Å². The van der Waals surface area contributed by atoms with E-state index in [1.54, 1.807) is 12.1 Å². The van der Waals surface area contributed by atoms with Gasteiger partial charge in [0.05, 0.1) is 5.69 Å². The van der Waals surface area contributed by atoms with Crippen molar-refractivity contribution in [3.05, 3.63) is 52.4 Å². The molecule has 20 heavy (non-hydrogen) atoms. The van der Waals surface area contributed by atoms with Crippen molar-refractivity contribution in [2.45, 2.75) is 26.4 Å². The van der Waals surface area contributed by atoms with Crippen LogP contribution in [0.2, 0.25) is 0 Å². The molecule has 2 rings (SSSR count). The SMILES string of the molecule is CC(C)NCc1cccc(Oc2cc(F)cc(Br)c2)n1. The van der Waals surface area contributed by atoms with Crippen LogP contribution in [0.3, 0.4) is 0 Å². The zero-order chi connectivity index (χ0) is 14.5. The van der Waals surface area contributed by atoms with E-state index in [0.717, 1.165) is 5.69 Å². The molecule has 1 aromatic carbocycles. The number of benzene rings is 1. The monoisotopic (exact) mass is 338 g/mol. The van der Waals surface area contributed by atoms with E-state index in [1.165, 1.54) is 12.1 Å². The van der Waals surface area contributed by atoms with Gasteiger partial charge in [-0.1, -0.05) is 35.8 Å². The smallest absolute Gasteiger partial charge is 0.219 e. The van der Waals surface area contributed by atoms with Gasteiger partial charge in [0.1, 0.15) is 11.6 Å². The lowest BCUT2D eigenvalue weighted by Crippen LogP contribution is -2.22. The van der Waals surface area contributed by atoms with Gasteiger partial charge < -0.3 is 10.1 Å². The van der Waals surface area contributed by atoms with Crippen molar-refractivity contribution in [1.29, 1.82) is 0 Å². The minimum Gasteiger partial charge on any atom is -0.439 e. The highest BCUT2D eigenvalue weighted by atomic mass is 79.9. The fourth-order valence-electron chi connectivity index (χ4n) is 1.63. The zero-order valence-corrected chi connectivity index (χ0v) is 12.9. The van der Waals surface area contributed by atoms with E-state index in [1.807, 2.05) is 12.1 Å². The van der Waals surface area contributed by atoms with Crippen LogP contribution in [0.1, 0.15) is 19.5 Å². The Kier molecular flexibility index (Phi) is 5.09. The lowest BCUT2D eigenvalue weighted by Gasteiger charge is -2.09. The first-order valence-electron chi connectivity index (χ1n) is 6.36. The van der Waals surface area contributed by atoms with Crippen molar-refractivity contribution in [2.24, 2.45) is 0 Å². The molecule has 2 aromatic rings. The minimum atomic E-state index is -0.355. The first kappa shape index (κ1) is 14.9. The fraction of sp³-hybridized carbons (Fsp3) is 0.267. The summed E-state index contributed by atoms with van der Waals surface area (Å²) in [5.74, 6) is 0.510. The Bertz CT molecular complexity index is 570. The molecule has 0 aliphatic rings. The molecule has 1 N–H and O–H groups in total. The van der Waals surface area contributed by atoms with Gasteiger partial charge in [-0.25, -0.2) is 9.37 Å². The van der Waals surface area contributed by atoms with Crippen molar-refractivity contribution in [3.63, 3.8) is 0 Å². The third-order valence-corrected chi connectivity index (χ3v) is 2.99. The first-order valence-corrected chi connectivity index (χ1v) is 7.15. The summed E-state index contributed by atoms with van der Waals surface area (Å²) in [4.78, 5) is 4.38. The molecule has 0 atom stereocenters. The molecule has 0 radical (unpaired) electrons. The summed E-state index contributed by atoms with van der Waals surface area (Å²) in [5, 5.41) is 3.29. The fourth-order valence-corrected chi connectivity index (χ4v) is 2.07. The Hall–Kier alpha value is -1.46. The lowest BCUT2D eigenvalue weighted by atomic mass is 10.3. The van der Waals surface area contributed by atoms with Gasteiger partial charge in [0.2, 0.25) is 5.88 Å². The van der Waals surface area contributed by atoms with Crippen LogP contribution in [0, 0.1) is 5.82 Å². The molecule has 0 spiro atoms. The molecule has 0 saturated heterocycles. The summed E-state index contributed by atoms with van der Waals surface area (Å²) in [6.07, 6.45) is 0. The highest BCUT2D eigenvalue weighted by Crippen LogP contribution is 2.24. The predicted octanol–water partition coefficient (Wildman–Crippen LogP) is 4.27. The average molecular weight is 339 g/mol. The molecule has 0 aliphatic carbocycles. The van der Waals surface area contributed by atoms with E-state index in [4.69, 9.17) is 4.74 Å². The first-order chi connectivity index (χ1) is 9.52. The normalized spacial score (nSPS) is 10.8. The van der Waals surface area contributed by atoms with Gasteiger partial charge in [-0.3, -0.25) is 0 Å². The van der Waals surface area contributed by atoms with E-state index >= 15 is 0 Å².